The van der Waals surface area contributed by atoms with Gasteiger partial charge in [-0.05, 0) is 12.1 Å². The van der Waals surface area contributed by atoms with Crippen molar-refractivity contribution in [1.82, 2.24) is 19.0 Å². The average molecular weight is 282 g/mol. The van der Waals surface area contributed by atoms with Crippen LogP contribution in [0, 0.1) is 0 Å². The van der Waals surface area contributed by atoms with Gasteiger partial charge in [0, 0.05) is 24.0 Å². The largest absolute Gasteiger partial charge is 0.297 e. The molecule has 0 radical (unpaired) electrons. The van der Waals surface area contributed by atoms with E-state index in [1.807, 2.05) is 46.6 Å². The summed E-state index contributed by atoms with van der Waals surface area (Å²) < 4.78 is 3.64. The van der Waals surface area contributed by atoms with Gasteiger partial charge in [0.25, 0.3) is 0 Å². The highest BCUT2D eigenvalue weighted by Gasteiger charge is 2.14. The second-order valence-electron chi connectivity index (χ2n) is 4.51. The van der Waals surface area contributed by atoms with E-state index in [0.29, 0.717) is 12.0 Å². The molecule has 0 aliphatic heterocycles. The number of nitrogens with zero attached hydrogens (tertiary/aromatic N) is 4. The van der Waals surface area contributed by atoms with E-state index >= 15 is 0 Å². The van der Waals surface area contributed by atoms with Crippen molar-refractivity contribution in [1.29, 1.82) is 0 Å². The van der Waals surface area contributed by atoms with E-state index in [2.05, 4.69) is 10.1 Å². The van der Waals surface area contributed by atoms with Crippen LogP contribution in [-0.2, 0) is 6.42 Å². The Morgan fingerprint density at radius 2 is 2.25 bits per heavy atom. The van der Waals surface area contributed by atoms with E-state index in [4.69, 9.17) is 0 Å². The molecule has 4 rings (SSSR count). The second kappa shape index (κ2) is 4.28. The summed E-state index contributed by atoms with van der Waals surface area (Å²) in [5.41, 5.74) is 2.26. The Kier molecular flexibility index (Phi) is 2.43. The van der Waals surface area contributed by atoms with Crippen LogP contribution in [0.5, 0.6) is 0 Å². The molecule has 0 aliphatic carbocycles. The summed E-state index contributed by atoms with van der Waals surface area (Å²) in [6.07, 6.45) is 7.59. The minimum atomic E-state index is 0.0388. The predicted molar refractivity (Wildman–Crippen MR) is 76.3 cm³/mol. The first-order valence-electron chi connectivity index (χ1n) is 6.18. The maximum absolute atomic E-state index is 12.4. The minimum absolute atomic E-state index is 0.0388. The topological polar surface area (TPSA) is 51.7 Å². The van der Waals surface area contributed by atoms with E-state index in [0.717, 1.165) is 16.2 Å². The lowest BCUT2D eigenvalue weighted by atomic mass is 10.1. The third-order valence-corrected chi connectivity index (χ3v) is 3.98. The van der Waals surface area contributed by atoms with Gasteiger partial charge in [-0.3, -0.25) is 9.20 Å². The highest BCUT2D eigenvalue weighted by molar-refractivity contribution is 7.15. The van der Waals surface area contributed by atoms with Crippen molar-refractivity contribution in [2.24, 2.45) is 0 Å². The predicted octanol–water partition coefficient (Wildman–Crippen LogP) is 2.47. The normalized spacial score (nSPS) is 11.4. The number of Topliss-reactive ketones (excluding diaryl/α,β-unsaturated/α-hetero) is 1. The molecule has 6 heteroatoms. The van der Waals surface area contributed by atoms with Gasteiger partial charge in [-0.25, -0.2) is 9.50 Å². The fourth-order valence-corrected chi connectivity index (χ4v) is 2.99. The molecule has 0 unspecified atom stereocenters. The number of imidazole rings is 1. The van der Waals surface area contributed by atoms with Crippen molar-refractivity contribution < 1.29 is 4.79 Å². The number of thiazole rings is 1. The van der Waals surface area contributed by atoms with Crippen LogP contribution in [0.3, 0.4) is 0 Å². The summed E-state index contributed by atoms with van der Waals surface area (Å²) in [7, 11) is 0. The molecule has 0 bridgehead atoms. The van der Waals surface area contributed by atoms with E-state index < -0.39 is 0 Å². The quantitative estimate of drug-likeness (QED) is 0.542. The van der Waals surface area contributed by atoms with Gasteiger partial charge in [0.15, 0.2) is 10.7 Å². The van der Waals surface area contributed by atoms with Gasteiger partial charge < -0.3 is 0 Å². The number of ketones is 1. The molecule has 0 fully saturated rings. The summed E-state index contributed by atoms with van der Waals surface area (Å²) >= 11 is 1.56. The SMILES string of the molecule is O=C(Cc1cn2ccsc2n1)c1cnn2ccccc12. The molecule has 20 heavy (non-hydrogen) atoms. The molecule has 0 amide bonds. The number of hydrogen-bond donors (Lipinski definition) is 0. The average Bonchev–Trinajstić information content (AvgIpc) is 3.10. The van der Waals surface area contributed by atoms with Crippen molar-refractivity contribution in [3.8, 4) is 0 Å². The maximum Gasteiger partial charge on any atom is 0.193 e. The van der Waals surface area contributed by atoms with Crippen molar-refractivity contribution in [3.05, 3.63) is 59.6 Å². The Morgan fingerprint density at radius 1 is 1.30 bits per heavy atom. The number of carbonyl (C=O) groups is 1. The molecule has 5 nitrogen and oxygen atoms in total. The zero-order chi connectivity index (χ0) is 13.5. The number of pyridine rings is 1. The lowest BCUT2D eigenvalue weighted by Gasteiger charge is -1.96. The first-order chi connectivity index (χ1) is 9.81. The van der Waals surface area contributed by atoms with Crippen LogP contribution in [0.1, 0.15) is 16.1 Å². The summed E-state index contributed by atoms with van der Waals surface area (Å²) in [4.78, 5) is 17.7. The zero-order valence-corrected chi connectivity index (χ0v) is 11.2. The Balaban J connectivity index is 1.68. The van der Waals surface area contributed by atoms with Crippen LogP contribution >= 0.6 is 11.3 Å². The zero-order valence-electron chi connectivity index (χ0n) is 10.4. The Morgan fingerprint density at radius 3 is 3.15 bits per heavy atom. The van der Waals surface area contributed by atoms with Crippen LogP contribution in [0.2, 0.25) is 0 Å². The van der Waals surface area contributed by atoms with Crippen LogP contribution < -0.4 is 0 Å². The van der Waals surface area contributed by atoms with Gasteiger partial charge >= 0.3 is 0 Å². The summed E-state index contributed by atoms with van der Waals surface area (Å²) in [5.74, 6) is 0.0388. The number of hydrogen-bond acceptors (Lipinski definition) is 4. The van der Waals surface area contributed by atoms with Crippen LogP contribution in [0.4, 0.5) is 0 Å². The van der Waals surface area contributed by atoms with Crippen LogP contribution in [-0.4, -0.2) is 24.8 Å². The van der Waals surface area contributed by atoms with Gasteiger partial charge in [0.05, 0.1) is 29.4 Å². The van der Waals surface area contributed by atoms with E-state index in [1.165, 1.54) is 0 Å². The molecule has 98 valence electrons. The summed E-state index contributed by atoms with van der Waals surface area (Å²) in [6, 6.07) is 5.68. The van der Waals surface area contributed by atoms with Crippen molar-refractivity contribution >= 4 is 27.6 Å². The molecule has 0 saturated heterocycles. The Labute approximate surface area is 118 Å². The van der Waals surface area contributed by atoms with Crippen molar-refractivity contribution in [2.45, 2.75) is 6.42 Å². The molecule has 4 aromatic heterocycles. The number of rotatable bonds is 3. The first-order valence-corrected chi connectivity index (χ1v) is 7.06. The molecule has 4 heterocycles. The third-order valence-electron chi connectivity index (χ3n) is 3.21. The molecule has 4 aromatic rings. The van der Waals surface area contributed by atoms with Gasteiger partial charge in [-0.1, -0.05) is 6.07 Å². The van der Waals surface area contributed by atoms with Crippen LogP contribution in [0.15, 0.2) is 48.4 Å². The molecule has 0 atom stereocenters. The van der Waals surface area contributed by atoms with Crippen molar-refractivity contribution in [2.75, 3.05) is 0 Å². The second-order valence-corrected chi connectivity index (χ2v) is 5.39. The molecule has 0 spiro atoms. The lowest BCUT2D eigenvalue weighted by Crippen LogP contribution is -2.03. The molecular weight excluding hydrogens is 272 g/mol. The van der Waals surface area contributed by atoms with Gasteiger partial charge in [-0.2, -0.15) is 5.10 Å². The fourth-order valence-electron chi connectivity index (χ4n) is 2.27. The highest BCUT2D eigenvalue weighted by atomic mass is 32.1. The van der Waals surface area contributed by atoms with E-state index in [9.17, 15) is 4.79 Å². The maximum atomic E-state index is 12.4. The van der Waals surface area contributed by atoms with Gasteiger partial charge in [0.1, 0.15) is 0 Å². The Bertz CT molecular complexity index is 889. The molecule has 0 N–H and O–H groups in total. The minimum Gasteiger partial charge on any atom is -0.297 e. The van der Waals surface area contributed by atoms with Crippen LogP contribution in [0.25, 0.3) is 10.5 Å². The number of carbonyl (C=O) groups excluding carboxylic acids is 1. The van der Waals surface area contributed by atoms with E-state index in [-0.39, 0.29) is 5.78 Å². The standard InChI is InChI=1S/C14H10N4OS/c19-13(7-10-9-17-5-6-20-14(17)16-10)11-8-15-18-4-2-1-3-12(11)18/h1-6,8-9H,7H2. The molecule has 0 saturated carbocycles. The Hall–Kier alpha value is -2.47. The molecular formula is C14H10N4OS. The smallest absolute Gasteiger partial charge is 0.193 e. The lowest BCUT2D eigenvalue weighted by molar-refractivity contribution is 0.0993. The summed E-state index contributed by atoms with van der Waals surface area (Å²) in [6.45, 7) is 0. The molecule has 0 aliphatic rings. The number of fused-ring (bicyclic) bond motifs is 2. The highest BCUT2D eigenvalue weighted by Crippen LogP contribution is 2.16. The molecule has 0 aromatic carbocycles. The van der Waals surface area contributed by atoms with Gasteiger partial charge in [-0.15, -0.1) is 11.3 Å². The van der Waals surface area contributed by atoms with Crippen molar-refractivity contribution in [3.63, 3.8) is 0 Å². The summed E-state index contributed by atoms with van der Waals surface area (Å²) in [5, 5.41) is 6.16. The fraction of sp³-hybridized carbons (Fsp3) is 0.0714. The van der Waals surface area contributed by atoms with E-state index in [1.54, 1.807) is 22.0 Å². The monoisotopic (exact) mass is 282 g/mol. The third kappa shape index (κ3) is 1.73. The first kappa shape index (κ1) is 11.4. The van der Waals surface area contributed by atoms with Gasteiger partial charge in [0.2, 0.25) is 0 Å². The number of aromatic nitrogens is 4.